The smallest absolute Gasteiger partial charge is 0.143 e. The number of aryl methyl sites for hydroxylation is 1. The molecule has 0 atom stereocenters. The molecule has 3 aromatic rings. The van der Waals surface area contributed by atoms with Crippen molar-refractivity contribution in [2.75, 3.05) is 29.9 Å². The number of aromatic amines is 1. The summed E-state index contributed by atoms with van der Waals surface area (Å²) >= 11 is 5.94. The molecule has 2 aromatic heterocycles. The second-order valence-corrected chi connectivity index (χ2v) is 7.54. The zero-order valence-electron chi connectivity index (χ0n) is 14.8. The Balaban J connectivity index is 1.43. The Bertz CT molecular complexity index is 896. The number of fused-ring (bicyclic) bond motifs is 1. The summed E-state index contributed by atoms with van der Waals surface area (Å²) < 4.78 is 0. The van der Waals surface area contributed by atoms with Crippen molar-refractivity contribution >= 4 is 34.1 Å². The number of nitrogens with one attached hydrogen (secondary N) is 2. The van der Waals surface area contributed by atoms with Gasteiger partial charge >= 0.3 is 0 Å². The molecule has 26 heavy (non-hydrogen) atoms. The summed E-state index contributed by atoms with van der Waals surface area (Å²) in [5.74, 6) is 1.00. The molecule has 4 N–H and O–H groups in total. The summed E-state index contributed by atoms with van der Waals surface area (Å²) in [7, 11) is 0. The molecule has 0 amide bonds. The van der Waals surface area contributed by atoms with E-state index in [0.717, 1.165) is 60.0 Å². The summed E-state index contributed by atoms with van der Waals surface area (Å²) in [6.07, 6.45) is 5.42. The van der Waals surface area contributed by atoms with E-state index in [1.54, 1.807) is 6.33 Å². The van der Waals surface area contributed by atoms with E-state index >= 15 is 0 Å². The van der Waals surface area contributed by atoms with E-state index in [-0.39, 0.29) is 5.54 Å². The van der Waals surface area contributed by atoms with Crippen LogP contribution in [0.3, 0.4) is 0 Å². The standard InChI is InChI=1S/C19H23ClN6/c1-13-10-22-17-16(13)18(25-12-24-17)26-8-6-19(21,7-9-26)11-23-15-4-2-14(20)3-5-15/h2-5,10,12,23H,6-9,11,21H2,1H3,(H,22,24,25). The maximum atomic E-state index is 6.65. The Morgan fingerprint density at radius 2 is 1.96 bits per heavy atom. The molecule has 0 aliphatic carbocycles. The summed E-state index contributed by atoms with van der Waals surface area (Å²) in [6.45, 7) is 4.59. The van der Waals surface area contributed by atoms with E-state index in [1.807, 2.05) is 30.5 Å². The third-order valence-corrected chi connectivity index (χ3v) is 5.45. The number of hydrogen-bond donors (Lipinski definition) is 3. The van der Waals surface area contributed by atoms with Crippen LogP contribution in [0.5, 0.6) is 0 Å². The molecule has 1 fully saturated rings. The molecule has 3 heterocycles. The van der Waals surface area contributed by atoms with Crippen molar-refractivity contribution in [3.8, 4) is 0 Å². The molecular formula is C19H23ClN6. The zero-order valence-corrected chi connectivity index (χ0v) is 15.6. The number of aromatic nitrogens is 3. The minimum absolute atomic E-state index is 0.227. The first-order valence-corrected chi connectivity index (χ1v) is 9.24. The number of H-pyrrole nitrogens is 1. The molecule has 0 spiro atoms. The molecule has 136 valence electrons. The summed E-state index contributed by atoms with van der Waals surface area (Å²) in [5.41, 5.74) is 9.52. The van der Waals surface area contributed by atoms with E-state index in [0.29, 0.717) is 0 Å². The summed E-state index contributed by atoms with van der Waals surface area (Å²) in [6, 6.07) is 7.73. The highest BCUT2D eigenvalue weighted by Crippen LogP contribution is 2.30. The maximum absolute atomic E-state index is 6.65. The SMILES string of the molecule is Cc1c[nH]c2ncnc(N3CCC(N)(CNc4ccc(Cl)cc4)CC3)c12. The molecule has 0 bridgehead atoms. The lowest BCUT2D eigenvalue weighted by Crippen LogP contribution is -2.54. The molecule has 0 radical (unpaired) electrons. The van der Waals surface area contributed by atoms with Crippen LogP contribution in [0.2, 0.25) is 5.02 Å². The highest BCUT2D eigenvalue weighted by Gasteiger charge is 2.31. The molecule has 0 unspecified atom stereocenters. The topological polar surface area (TPSA) is 82.9 Å². The molecule has 6 nitrogen and oxygen atoms in total. The fourth-order valence-corrected chi connectivity index (χ4v) is 3.65. The Morgan fingerprint density at radius 1 is 1.23 bits per heavy atom. The number of hydrogen-bond acceptors (Lipinski definition) is 5. The predicted octanol–water partition coefficient (Wildman–Crippen LogP) is 3.33. The maximum Gasteiger partial charge on any atom is 0.143 e. The second kappa shape index (κ2) is 6.78. The third kappa shape index (κ3) is 3.34. The van der Waals surface area contributed by atoms with Crippen molar-refractivity contribution in [3.63, 3.8) is 0 Å². The average Bonchev–Trinajstić information content (AvgIpc) is 3.04. The van der Waals surface area contributed by atoms with Crippen molar-refractivity contribution in [1.82, 2.24) is 15.0 Å². The van der Waals surface area contributed by atoms with Gasteiger partial charge in [0.2, 0.25) is 0 Å². The first-order chi connectivity index (χ1) is 12.5. The number of anilines is 2. The number of halogens is 1. The van der Waals surface area contributed by atoms with Crippen molar-refractivity contribution in [2.24, 2.45) is 5.73 Å². The lowest BCUT2D eigenvalue weighted by molar-refractivity contribution is 0.350. The fraction of sp³-hybridized carbons (Fsp3) is 0.368. The normalized spacial score (nSPS) is 16.8. The number of benzene rings is 1. The molecule has 0 saturated carbocycles. The highest BCUT2D eigenvalue weighted by molar-refractivity contribution is 6.30. The van der Waals surface area contributed by atoms with Crippen LogP contribution in [0.4, 0.5) is 11.5 Å². The van der Waals surface area contributed by atoms with Crippen LogP contribution in [-0.2, 0) is 0 Å². The van der Waals surface area contributed by atoms with Gasteiger partial charge in [-0.3, -0.25) is 0 Å². The van der Waals surface area contributed by atoms with E-state index < -0.39 is 0 Å². The van der Waals surface area contributed by atoms with Crippen LogP contribution in [0, 0.1) is 6.92 Å². The van der Waals surface area contributed by atoms with Gasteiger partial charge in [0, 0.05) is 42.1 Å². The minimum atomic E-state index is -0.227. The van der Waals surface area contributed by atoms with Crippen LogP contribution in [0.25, 0.3) is 11.0 Å². The molecule has 1 aromatic carbocycles. The highest BCUT2D eigenvalue weighted by atomic mass is 35.5. The van der Waals surface area contributed by atoms with Crippen LogP contribution in [0.1, 0.15) is 18.4 Å². The van der Waals surface area contributed by atoms with Crippen LogP contribution in [-0.4, -0.2) is 40.1 Å². The van der Waals surface area contributed by atoms with Gasteiger partial charge in [0.15, 0.2) is 0 Å². The Kier molecular flexibility index (Phi) is 4.46. The molecule has 1 aliphatic rings. The van der Waals surface area contributed by atoms with Gasteiger partial charge in [-0.25, -0.2) is 9.97 Å². The van der Waals surface area contributed by atoms with Crippen molar-refractivity contribution in [1.29, 1.82) is 0 Å². The van der Waals surface area contributed by atoms with Crippen LogP contribution < -0.4 is 16.0 Å². The van der Waals surface area contributed by atoms with Gasteiger partial charge in [-0.2, -0.15) is 0 Å². The van der Waals surface area contributed by atoms with Crippen molar-refractivity contribution in [2.45, 2.75) is 25.3 Å². The predicted molar refractivity (Wildman–Crippen MR) is 107 cm³/mol. The Morgan fingerprint density at radius 3 is 2.69 bits per heavy atom. The molecule has 1 saturated heterocycles. The lowest BCUT2D eigenvalue weighted by atomic mass is 9.88. The minimum Gasteiger partial charge on any atom is -0.383 e. The molecule has 1 aliphatic heterocycles. The summed E-state index contributed by atoms with van der Waals surface area (Å²) in [4.78, 5) is 14.4. The summed E-state index contributed by atoms with van der Waals surface area (Å²) in [5, 5.41) is 5.28. The van der Waals surface area contributed by atoms with Gasteiger partial charge in [0.25, 0.3) is 0 Å². The van der Waals surface area contributed by atoms with E-state index in [2.05, 4.69) is 32.1 Å². The molecular weight excluding hydrogens is 348 g/mol. The first kappa shape index (κ1) is 17.1. The van der Waals surface area contributed by atoms with Crippen LogP contribution in [0.15, 0.2) is 36.8 Å². The van der Waals surface area contributed by atoms with E-state index in [4.69, 9.17) is 17.3 Å². The number of nitrogens with two attached hydrogens (primary N) is 1. The number of piperidine rings is 1. The third-order valence-electron chi connectivity index (χ3n) is 5.19. The van der Waals surface area contributed by atoms with Crippen LogP contribution >= 0.6 is 11.6 Å². The van der Waals surface area contributed by atoms with Gasteiger partial charge in [-0.15, -0.1) is 0 Å². The zero-order chi connectivity index (χ0) is 18.1. The van der Waals surface area contributed by atoms with E-state index in [9.17, 15) is 0 Å². The van der Waals surface area contributed by atoms with Gasteiger partial charge in [-0.1, -0.05) is 11.6 Å². The quantitative estimate of drug-likeness (QED) is 0.656. The Hall–Kier alpha value is -2.31. The van der Waals surface area contributed by atoms with Gasteiger partial charge in [0.05, 0.1) is 5.39 Å². The van der Waals surface area contributed by atoms with Gasteiger partial charge < -0.3 is 20.9 Å². The van der Waals surface area contributed by atoms with Crippen molar-refractivity contribution < 1.29 is 0 Å². The Labute approximate surface area is 157 Å². The monoisotopic (exact) mass is 370 g/mol. The molecule has 7 heteroatoms. The molecule has 4 rings (SSSR count). The van der Waals surface area contributed by atoms with Gasteiger partial charge in [-0.05, 0) is 49.6 Å². The first-order valence-electron chi connectivity index (χ1n) is 8.86. The average molecular weight is 371 g/mol. The van der Waals surface area contributed by atoms with Gasteiger partial charge in [0.1, 0.15) is 17.8 Å². The van der Waals surface area contributed by atoms with Crippen molar-refractivity contribution in [3.05, 3.63) is 47.4 Å². The largest absolute Gasteiger partial charge is 0.383 e. The number of nitrogens with zero attached hydrogens (tertiary/aromatic N) is 3. The second-order valence-electron chi connectivity index (χ2n) is 7.10. The number of rotatable bonds is 4. The van der Waals surface area contributed by atoms with E-state index in [1.165, 1.54) is 5.56 Å². The fourth-order valence-electron chi connectivity index (χ4n) is 3.52. The lowest BCUT2D eigenvalue weighted by Gasteiger charge is -2.40.